The normalized spacial score (nSPS) is 14.0. The van der Waals surface area contributed by atoms with Crippen LogP contribution in [0, 0.1) is 3.57 Å². The van der Waals surface area contributed by atoms with Crippen LogP contribution in [0.15, 0.2) is 48.5 Å². The Hall–Kier alpha value is -1.81. The number of aliphatic hydroxyl groups excluding tert-OH is 1. The topological polar surface area (TPSA) is 69.6 Å². The minimum Gasteiger partial charge on any atom is -0.465 e. The second kappa shape index (κ2) is 7.39. The lowest BCUT2D eigenvalue weighted by Crippen LogP contribution is -2.31. The fourth-order valence-corrected chi connectivity index (χ4v) is 2.57. The largest absolute Gasteiger partial charge is 0.465 e. The summed E-state index contributed by atoms with van der Waals surface area (Å²) in [7, 11) is 0. The van der Waals surface area contributed by atoms with Crippen molar-refractivity contribution in [3.63, 3.8) is 0 Å². The maximum absolute atomic E-state index is 12.6. The summed E-state index contributed by atoms with van der Waals surface area (Å²) in [6, 6.07) is 9.66. The van der Waals surface area contributed by atoms with Gasteiger partial charge in [-0.25, -0.2) is 4.79 Å². The van der Waals surface area contributed by atoms with Gasteiger partial charge >= 0.3 is 12.3 Å². The minimum atomic E-state index is -4.48. The third-order valence-corrected chi connectivity index (χ3v) is 4.12. The van der Waals surface area contributed by atoms with Crippen LogP contribution in [0.2, 0.25) is 0 Å². The molecule has 8 heteroatoms. The second-order valence-corrected chi connectivity index (χ2v) is 6.29. The third-order valence-electron chi connectivity index (χ3n) is 3.40. The van der Waals surface area contributed by atoms with E-state index < -0.39 is 30.0 Å². The molecule has 0 radical (unpaired) electrons. The standard InChI is InChI=1S/C16H13F3INO3/c17-16(18,19)11-5-1-9(2-6-11)13(21-15(23)24)14(22)10-3-7-12(20)8-4-10/h1-8,13-14,21-22H,(H,23,24). The summed E-state index contributed by atoms with van der Waals surface area (Å²) in [5.41, 5.74) is -0.158. The molecule has 0 saturated carbocycles. The highest BCUT2D eigenvalue weighted by Crippen LogP contribution is 2.33. The van der Waals surface area contributed by atoms with Crippen LogP contribution in [0.4, 0.5) is 18.0 Å². The SMILES string of the molecule is O=C(O)NC(c1ccc(C(F)(F)F)cc1)C(O)c1ccc(I)cc1. The lowest BCUT2D eigenvalue weighted by molar-refractivity contribution is -0.137. The summed E-state index contributed by atoms with van der Waals surface area (Å²) in [6.07, 6.45) is -7.11. The third kappa shape index (κ3) is 4.60. The molecule has 0 saturated heterocycles. The van der Waals surface area contributed by atoms with Crippen molar-refractivity contribution in [2.45, 2.75) is 18.3 Å². The molecule has 2 aromatic carbocycles. The van der Waals surface area contributed by atoms with Crippen LogP contribution in [-0.2, 0) is 6.18 Å². The molecule has 2 aromatic rings. The number of carbonyl (C=O) groups is 1. The number of hydrogen-bond donors (Lipinski definition) is 3. The smallest absolute Gasteiger partial charge is 0.416 e. The van der Waals surface area contributed by atoms with Crippen molar-refractivity contribution in [2.24, 2.45) is 0 Å². The molecule has 0 aromatic heterocycles. The number of alkyl halides is 3. The number of halogens is 4. The Labute approximate surface area is 149 Å². The summed E-state index contributed by atoms with van der Waals surface area (Å²) >= 11 is 2.08. The Kier molecular flexibility index (Phi) is 5.70. The molecular formula is C16H13F3INO3. The molecule has 0 heterocycles. The van der Waals surface area contributed by atoms with Crippen LogP contribution in [-0.4, -0.2) is 16.3 Å². The van der Waals surface area contributed by atoms with E-state index in [0.717, 1.165) is 27.8 Å². The van der Waals surface area contributed by atoms with Gasteiger partial charge < -0.3 is 15.5 Å². The van der Waals surface area contributed by atoms with Crippen molar-refractivity contribution in [3.8, 4) is 0 Å². The van der Waals surface area contributed by atoms with Crippen LogP contribution in [0.1, 0.15) is 28.8 Å². The molecule has 0 spiro atoms. The zero-order valence-electron chi connectivity index (χ0n) is 12.1. The average Bonchev–Trinajstić information content (AvgIpc) is 2.52. The van der Waals surface area contributed by atoms with Crippen LogP contribution < -0.4 is 5.32 Å². The number of nitrogens with one attached hydrogen (secondary N) is 1. The van der Waals surface area contributed by atoms with Crippen molar-refractivity contribution >= 4 is 28.7 Å². The van der Waals surface area contributed by atoms with E-state index in [4.69, 9.17) is 5.11 Å². The Morgan fingerprint density at radius 1 is 1.00 bits per heavy atom. The summed E-state index contributed by atoms with van der Waals surface area (Å²) in [4.78, 5) is 11.0. The fourth-order valence-electron chi connectivity index (χ4n) is 2.21. The summed E-state index contributed by atoms with van der Waals surface area (Å²) in [6.45, 7) is 0. The molecule has 128 valence electrons. The van der Waals surface area contributed by atoms with Crippen LogP contribution in [0.25, 0.3) is 0 Å². The molecule has 0 bridgehead atoms. The van der Waals surface area contributed by atoms with Crippen molar-refractivity contribution < 1.29 is 28.2 Å². The number of carboxylic acid groups (broad SMARTS) is 1. The number of amides is 1. The van der Waals surface area contributed by atoms with E-state index >= 15 is 0 Å². The van der Waals surface area contributed by atoms with E-state index in [0.29, 0.717) is 5.56 Å². The van der Waals surface area contributed by atoms with E-state index in [-0.39, 0.29) is 5.56 Å². The van der Waals surface area contributed by atoms with Crippen LogP contribution >= 0.6 is 22.6 Å². The highest BCUT2D eigenvalue weighted by Gasteiger charge is 2.31. The summed E-state index contributed by atoms with van der Waals surface area (Å²) < 4.78 is 38.8. The first-order chi connectivity index (χ1) is 11.2. The molecule has 3 N–H and O–H groups in total. The van der Waals surface area contributed by atoms with Gasteiger partial charge in [-0.15, -0.1) is 0 Å². The van der Waals surface area contributed by atoms with Gasteiger partial charge in [-0.05, 0) is 58.0 Å². The zero-order chi connectivity index (χ0) is 17.9. The first-order valence-corrected chi connectivity index (χ1v) is 7.86. The number of hydrogen-bond acceptors (Lipinski definition) is 2. The van der Waals surface area contributed by atoms with Gasteiger partial charge in [0.15, 0.2) is 0 Å². The lowest BCUT2D eigenvalue weighted by atomic mass is 9.95. The van der Waals surface area contributed by atoms with E-state index in [1.807, 2.05) is 0 Å². The first-order valence-electron chi connectivity index (χ1n) is 6.78. The Balaban J connectivity index is 2.34. The molecule has 1 amide bonds. The van der Waals surface area contributed by atoms with Crippen molar-refractivity contribution in [3.05, 3.63) is 68.8 Å². The van der Waals surface area contributed by atoms with Gasteiger partial charge in [0.2, 0.25) is 0 Å². The van der Waals surface area contributed by atoms with Gasteiger partial charge in [-0.1, -0.05) is 24.3 Å². The lowest BCUT2D eigenvalue weighted by Gasteiger charge is -2.24. The quantitative estimate of drug-likeness (QED) is 0.606. The maximum Gasteiger partial charge on any atom is 0.416 e. The highest BCUT2D eigenvalue weighted by molar-refractivity contribution is 14.1. The van der Waals surface area contributed by atoms with Crippen molar-refractivity contribution in [1.29, 1.82) is 0 Å². The summed E-state index contributed by atoms with van der Waals surface area (Å²) in [5.74, 6) is 0. The Bertz CT molecular complexity index is 702. The predicted molar refractivity (Wildman–Crippen MR) is 89.5 cm³/mol. The minimum absolute atomic E-state index is 0.233. The Morgan fingerprint density at radius 2 is 1.50 bits per heavy atom. The molecule has 0 aliphatic rings. The molecule has 2 rings (SSSR count). The molecule has 0 aliphatic heterocycles. The molecule has 0 fully saturated rings. The van der Waals surface area contributed by atoms with E-state index in [1.54, 1.807) is 24.3 Å². The molecule has 2 unspecified atom stereocenters. The number of aliphatic hydroxyl groups is 1. The average molecular weight is 451 g/mol. The van der Waals surface area contributed by atoms with E-state index in [2.05, 4.69) is 27.9 Å². The highest BCUT2D eigenvalue weighted by atomic mass is 127. The van der Waals surface area contributed by atoms with Crippen LogP contribution in [0.5, 0.6) is 0 Å². The molecule has 2 atom stereocenters. The van der Waals surface area contributed by atoms with Gasteiger partial charge in [0.05, 0.1) is 11.6 Å². The fraction of sp³-hybridized carbons (Fsp3) is 0.188. The van der Waals surface area contributed by atoms with Crippen molar-refractivity contribution in [2.75, 3.05) is 0 Å². The van der Waals surface area contributed by atoms with Gasteiger partial charge in [0, 0.05) is 3.57 Å². The first kappa shape index (κ1) is 18.5. The molecule has 0 aliphatic carbocycles. The van der Waals surface area contributed by atoms with Crippen LogP contribution in [0.3, 0.4) is 0 Å². The zero-order valence-corrected chi connectivity index (χ0v) is 14.2. The Morgan fingerprint density at radius 3 is 1.96 bits per heavy atom. The van der Waals surface area contributed by atoms with Gasteiger partial charge in [-0.2, -0.15) is 13.2 Å². The van der Waals surface area contributed by atoms with Gasteiger partial charge in [0.1, 0.15) is 6.10 Å². The molecule has 4 nitrogen and oxygen atoms in total. The van der Waals surface area contributed by atoms with E-state index in [9.17, 15) is 23.1 Å². The second-order valence-electron chi connectivity index (χ2n) is 5.04. The maximum atomic E-state index is 12.6. The number of benzene rings is 2. The number of rotatable bonds is 4. The predicted octanol–water partition coefficient (Wildman–Crippen LogP) is 4.35. The monoisotopic (exact) mass is 451 g/mol. The van der Waals surface area contributed by atoms with E-state index in [1.165, 1.54) is 0 Å². The molecule has 24 heavy (non-hydrogen) atoms. The van der Waals surface area contributed by atoms with Gasteiger partial charge in [0.25, 0.3) is 0 Å². The molecular weight excluding hydrogens is 438 g/mol. The summed E-state index contributed by atoms with van der Waals surface area (Å²) in [5, 5.41) is 21.6. The van der Waals surface area contributed by atoms with Crippen molar-refractivity contribution in [1.82, 2.24) is 5.32 Å². The van der Waals surface area contributed by atoms with Gasteiger partial charge in [-0.3, -0.25) is 0 Å².